The van der Waals surface area contributed by atoms with Gasteiger partial charge in [0.2, 0.25) is 0 Å². The summed E-state index contributed by atoms with van der Waals surface area (Å²) in [4.78, 5) is 4.48. The summed E-state index contributed by atoms with van der Waals surface area (Å²) in [6.45, 7) is 3.06. The van der Waals surface area contributed by atoms with Gasteiger partial charge in [0.15, 0.2) is 0 Å². The second-order valence-electron chi connectivity index (χ2n) is 3.98. The number of rotatable bonds is 4. The first-order valence-electron chi connectivity index (χ1n) is 5.75. The minimum Gasteiger partial charge on any atom is -0.327 e. The van der Waals surface area contributed by atoms with Crippen molar-refractivity contribution in [1.29, 1.82) is 5.26 Å². The zero-order valence-electron chi connectivity index (χ0n) is 9.78. The van der Waals surface area contributed by atoms with Gasteiger partial charge in [-0.2, -0.15) is 5.26 Å². The Bertz CT molecular complexity index is 566. The van der Waals surface area contributed by atoms with E-state index in [9.17, 15) is 0 Å². The highest BCUT2D eigenvalue weighted by atomic mass is 35.5. The molecule has 0 aliphatic heterocycles. The van der Waals surface area contributed by atoms with E-state index >= 15 is 0 Å². The minimum absolute atomic E-state index is 0.403. The van der Waals surface area contributed by atoms with E-state index in [0.29, 0.717) is 11.4 Å². The van der Waals surface area contributed by atoms with E-state index in [1.54, 1.807) is 6.07 Å². The van der Waals surface area contributed by atoms with Gasteiger partial charge < -0.3 is 4.57 Å². The zero-order chi connectivity index (χ0) is 12.3. The van der Waals surface area contributed by atoms with E-state index in [1.807, 2.05) is 12.1 Å². The molecule has 3 nitrogen and oxygen atoms in total. The lowest BCUT2D eigenvalue weighted by atomic mass is 10.2. The molecule has 0 aliphatic rings. The maximum atomic E-state index is 8.92. The van der Waals surface area contributed by atoms with Crippen molar-refractivity contribution in [2.45, 2.75) is 32.2 Å². The number of unbranched alkanes of at least 4 members (excludes halogenated alkanes) is 1. The van der Waals surface area contributed by atoms with E-state index < -0.39 is 0 Å². The molecule has 88 valence electrons. The molecule has 1 aromatic carbocycles. The molecule has 1 aromatic heterocycles. The Balaban J connectivity index is 2.55. The molecule has 0 amide bonds. The molecule has 0 atom stereocenters. The molecule has 1 heterocycles. The number of nitrogens with zero attached hydrogens (tertiary/aromatic N) is 3. The molecule has 0 saturated carbocycles. The molecular weight excluding hydrogens is 234 g/mol. The third kappa shape index (κ3) is 2.27. The van der Waals surface area contributed by atoms with Gasteiger partial charge in [0, 0.05) is 6.54 Å². The minimum atomic E-state index is 0.403. The molecule has 0 radical (unpaired) electrons. The van der Waals surface area contributed by atoms with E-state index in [4.69, 9.17) is 16.9 Å². The normalized spacial score (nSPS) is 10.6. The molecule has 4 heteroatoms. The van der Waals surface area contributed by atoms with E-state index in [0.717, 1.165) is 36.2 Å². The first-order chi connectivity index (χ1) is 8.30. The highest BCUT2D eigenvalue weighted by Crippen LogP contribution is 2.19. The Morgan fingerprint density at radius 1 is 1.47 bits per heavy atom. The van der Waals surface area contributed by atoms with Crippen molar-refractivity contribution in [2.75, 3.05) is 0 Å². The van der Waals surface area contributed by atoms with Gasteiger partial charge in [-0.25, -0.2) is 4.98 Å². The van der Waals surface area contributed by atoms with Crippen LogP contribution >= 0.6 is 11.6 Å². The van der Waals surface area contributed by atoms with Crippen LogP contribution in [0, 0.1) is 11.3 Å². The Labute approximate surface area is 106 Å². The molecule has 2 rings (SSSR count). The predicted molar refractivity (Wildman–Crippen MR) is 68.9 cm³/mol. The molecule has 17 heavy (non-hydrogen) atoms. The van der Waals surface area contributed by atoms with Gasteiger partial charge in [-0.3, -0.25) is 0 Å². The summed E-state index contributed by atoms with van der Waals surface area (Å²) in [5.41, 5.74) is 2.58. The van der Waals surface area contributed by atoms with Crippen molar-refractivity contribution in [3.63, 3.8) is 0 Å². The first kappa shape index (κ1) is 11.9. The largest absolute Gasteiger partial charge is 0.327 e. The van der Waals surface area contributed by atoms with E-state index in [1.165, 1.54) is 0 Å². The summed E-state index contributed by atoms with van der Waals surface area (Å²) in [7, 11) is 0. The third-order valence-corrected chi connectivity index (χ3v) is 3.05. The SMILES string of the molecule is CCCCn1c(CCl)nc2ccc(C#N)cc21. The average molecular weight is 248 g/mol. The summed E-state index contributed by atoms with van der Waals surface area (Å²) in [6, 6.07) is 7.71. The number of alkyl halides is 1. The van der Waals surface area contributed by atoms with Gasteiger partial charge in [0.05, 0.1) is 28.5 Å². The standard InChI is InChI=1S/C13H14ClN3/c1-2-3-6-17-12-7-10(9-15)4-5-11(12)16-13(17)8-14/h4-5,7H,2-3,6,8H2,1H3. The maximum Gasteiger partial charge on any atom is 0.124 e. The zero-order valence-corrected chi connectivity index (χ0v) is 10.5. The number of benzene rings is 1. The summed E-state index contributed by atoms with van der Waals surface area (Å²) in [5.74, 6) is 1.28. The number of aromatic nitrogens is 2. The van der Waals surface area contributed by atoms with Crippen molar-refractivity contribution in [1.82, 2.24) is 9.55 Å². The van der Waals surface area contributed by atoms with Crippen LogP contribution in [0.25, 0.3) is 11.0 Å². The second-order valence-corrected chi connectivity index (χ2v) is 4.25. The van der Waals surface area contributed by atoms with Crippen molar-refractivity contribution in [3.05, 3.63) is 29.6 Å². The molecular formula is C13H14ClN3. The fourth-order valence-corrected chi connectivity index (χ4v) is 2.11. The van der Waals surface area contributed by atoms with Crippen LogP contribution in [0.3, 0.4) is 0 Å². The van der Waals surface area contributed by atoms with Crippen LogP contribution in [0.1, 0.15) is 31.2 Å². The number of hydrogen-bond acceptors (Lipinski definition) is 2. The fraction of sp³-hybridized carbons (Fsp3) is 0.385. The van der Waals surface area contributed by atoms with Gasteiger partial charge in [-0.1, -0.05) is 13.3 Å². The Morgan fingerprint density at radius 2 is 2.29 bits per heavy atom. The van der Waals surface area contributed by atoms with Crippen molar-refractivity contribution < 1.29 is 0 Å². The van der Waals surface area contributed by atoms with Crippen LogP contribution < -0.4 is 0 Å². The number of hydrogen-bond donors (Lipinski definition) is 0. The lowest BCUT2D eigenvalue weighted by Crippen LogP contribution is -2.02. The van der Waals surface area contributed by atoms with Crippen molar-refractivity contribution in [2.24, 2.45) is 0 Å². The van der Waals surface area contributed by atoms with E-state index in [2.05, 4.69) is 22.5 Å². The van der Waals surface area contributed by atoms with Crippen LogP contribution in [0.5, 0.6) is 0 Å². The van der Waals surface area contributed by atoms with Gasteiger partial charge in [0.1, 0.15) is 5.82 Å². The topological polar surface area (TPSA) is 41.6 Å². The average Bonchev–Trinajstić information content (AvgIpc) is 2.73. The van der Waals surface area contributed by atoms with Gasteiger partial charge in [0.25, 0.3) is 0 Å². The van der Waals surface area contributed by atoms with Crippen LogP contribution in [-0.4, -0.2) is 9.55 Å². The highest BCUT2D eigenvalue weighted by Gasteiger charge is 2.09. The smallest absolute Gasteiger partial charge is 0.124 e. The summed E-state index contributed by atoms with van der Waals surface area (Å²) in [5, 5.41) is 8.92. The molecule has 0 saturated heterocycles. The quantitative estimate of drug-likeness (QED) is 0.777. The summed E-state index contributed by atoms with van der Waals surface area (Å²) in [6.07, 6.45) is 2.21. The number of imidazole rings is 1. The van der Waals surface area contributed by atoms with Crippen molar-refractivity contribution in [3.8, 4) is 6.07 Å². The van der Waals surface area contributed by atoms with Crippen LogP contribution in [0.2, 0.25) is 0 Å². The molecule has 2 aromatic rings. The Morgan fingerprint density at radius 3 is 2.94 bits per heavy atom. The molecule has 0 bridgehead atoms. The second kappa shape index (κ2) is 5.20. The number of halogens is 1. The van der Waals surface area contributed by atoms with Crippen LogP contribution in [0.4, 0.5) is 0 Å². The lowest BCUT2D eigenvalue weighted by Gasteiger charge is -2.06. The summed E-state index contributed by atoms with van der Waals surface area (Å²) >= 11 is 5.91. The first-order valence-corrected chi connectivity index (χ1v) is 6.28. The van der Waals surface area contributed by atoms with Crippen molar-refractivity contribution >= 4 is 22.6 Å². The number of fused-ring (bicyclic) bond motifs is 1. The summed E-state index contributed by atoms with van der Waals surface area (Å²) < 4.78 is 2.12. The van der Waals surface area contributed by atoms with E-state index in [-0.39, 0.29) is 0 Å². The van der Waals surface area contributed by atoms with Gasteiger partial charge in [-0.15, -0.1) is 11.6 Å². The monoisotopic (exact) mass is 247 g/mol. The molecule has 0 unspecified atom stereocenters. The lowest BCUT2D eigenvalue weighted by molar-refractivity contribution is 0.628. The fourth-order valence-electron chi connectivity index (χ4n) is 1.91. The number of aryl methyl sites for hydroxylation is 1. The molecule has 0 fully saturated rings. The Hall–Kier alpha value is -1.53. The van der Waals surface area contributed by atoms with Gasteiger partial charge in [-0.05, 0) is 24.6 Å². The number of nitriles is 1. The molecule has 0 N–H and O–H groups in total. The molecule has 0 aliphatic carbocycles. The predicted octanol–water partition coefficient (Wildman–Crippen LogP) is 3.45. The third-order valence-electron chi connectivity index (χ3n) is 2.81. The Kier molecular flexibility index (Phi) is 3.65. The van der Waals surface area contributed by atoms with Crippen LogP contribution in [0.15, 0.2) is 18.2 Å². The van der Waals surface area contributed by atoms with Crippen LogP contribution in [-0.2, 0) is 12.4 Å². The molecule has 0 spiro atoms. The van der Waals surface area contributed by atoms with Gasteiger partial charge >= 0.3 is 0 Å². The maximum absolute atomic E-state index is 8.92. The highest BCUT2D eigenvalue weighted by molar-refractivity contribution is 6.16.